The van der Waals surface area contributed by atoms with Gasteiger partial charge in [0.1, 0.15) is 5.75 Å². The molecule has 1 N–H and O–H groups in total. The van der Waals surface area contributed by atoms with Crippen LogP contribution in [-0.2, 0) is 4.79 Å². The van der Waals surface area contributed by atoms with Crippen molar-refractivity contribution in [1.29, 1.82) is 0 Å². The molecule has 0 aliphatic carbocycles. The SMILES string of the molecule is CCCCOc1ccc(C(=O)N[C@H]2CC(=O)N(c3ccc(Cl)cc3)C2)cc1. The molecule has 2 amide bonds. The van der Waals surface area contributed by atoms with E-state index in [4.69, 9.17) is 16.3 Å². The highest BCUT2D eigenvalue weighted by atomic mass is 35.5. The lowest BCUT2D eigenvalue weighted by molar-refractivity contribution is -0.117. The van der Waals surface area contributed by atoms with E-state index >= 15 is 0 Å². The van der Waals surface area contributed by atoms with Crippen LogP contribution < -0.4 is 15.0 Å². The monoisotopic (exact) mass is 386 g/mol. The van der Waals surface area contributed by atoms with E-state index in [2.05, 4.69) is 12.2 Å². The van der Waals surface area contributed by atoms with Crippen molar-refractivity contribution in [3.05, 3.63) is 59.1 Å². The third-order valence-electron chi connectivity index (χ3n) is 4.48. The van der Waals surface area contributed by atoms with Gasteiger partial charge in [0.05, 0.1) is 12.6 Å². The van der Waals surface area contributed by atoms with Gasteiger partial charge < -0.3 is 15.0 Å². The topological polar surface area (TPSA) is 58.6 Å². The van der Waals surface area contributed by atoms with Crippen molar-refractivity contribution in [2.75, 3.05) is 18.1 Å². The molecule has 1 atom stereocenters. The molecule has 27 heavy (non-hydrogen) atoms. The smallest absolute Gasteiger partial charge is 0.251 e. The molecule has 5 nitrogen and oxygen atoms in total. The first-order valence-electron chi connectivity index (χ1n) is 9.16. The first-order valence-corrected chi connectivity index (χ1v) is 9.54. The molecule has 1 heterocycles. The Labute approximate surface area is 164 Å². The van der Waals surface area contributed by atoms with E-state index in [0.29, 0.717) is 23.7 Å². The largest absolute Gasteiger partial charge is 0.494 e. The number of halogens is 1. The summed E-state index contributed by atoms with van der Waals surface area (Å²) in [6.07, 6.45) is 2.36. The van der Waals surface area contributed by atoms with E-state index in [-0.39, 0.29) is 24.3 Å². The maximum atomic E-state index is 12.5. The molecule has 0 saturated carbocycles. The fourth-order valence-electron chi connectivity index (χ4n) is 2.98. The second kappa shape index (κ2) is 8.91. The zero-order valence-electron chi connectivity index (χ0n) is 15.3. The molecule has 2 aromatic rings. The van der Waals surface area contributed by atoms with Crippen LogP contribution in [0.4, 0.5) is 5.69 Å². The number of amides is 2. The number of rotatable bonds is 7. The van der Waals surface area contributed by atoms with Crippen molar-refractivity contribution in [3.63, 3.8) is 0 Å². The van der Waals surface area contributed by atoms with Crippen LogP contribution in [0.1, 0.15) is 36.5 Å². The summed E-state index contributed by atoms with van der Waals surface area (Å²) in [6.45, 7) is 3.23. The van der Waals surface area contributed by atoms with Crippen LogP contribution >= 0.6 is 11.6 Å². The number of nitrogens with one attached hydrogen (secondary N) is 1. The van der Waals surface area contributed by atoms with Gasteiger partial charge in [-0.15, -0.1) is 0 Å². The van der Waals surface area contributed by atoms with E-state index in [9.17, 15) is 9.59 Å². The van der Waals surface area contributed by atoms with Gasteiger partial charge in [0, 0.05) is 29.2 Å². The quantitative estimate of drug-likeness (QED) is 0.730. The molecule has 2 aromatic carbocycles. The van der Waals surface area contributed by atoms with Gasteiger partial charge in [-0.1, -0.05) is 24.9 Å². The fraction of sp³-hybridized carbons (Fsp3) is 0.333. The second-order valence-electron chi connectivity index (χ2n) is 6.58. The first-order chi connectivity index (χ1) is 13.1. The third kappa shape index (κ3) is 5.01. The highest BCUT2D eigenvalue weighted by Crippen LogP contribution is 2.23. The lowest BCUT2D eigenvalue weighted by atomic mass is 10.2. The number of hydrogen-bond acceptors (Lipinski definition) is 3. The molecule has 6 heteroatoms. The molecule has 0 bridgehead atoms. The molecule has 1 aliphatic heterocycles. The van der Waals surface area contributed by atoms with E-state index in [0.717, 1.165) is 24.3 Å². The van der Waals surface area contributed by atoms with Gasteiger partial charge in [-0.3, -0.25) is 9.59 Å². The molecule has 0 radical (unpaired) electrons. The fourth-order valence-corrected chi connectivity index (χ4v) is 3.11. The van der Waals surface area contributed by atoms with E-state index < -0.39 is 0 Å². The van der Waals surface area contributed by atoms with Crippen LogP contribution in [0.15, 0.2) is 48.5 Å². The van der Waals surface area contributed by atoms with Crippen molar-refractivity contribution in [2.24, 2.45) is 0 Å². The molecular formula is C21H23ClN2O3. The highest BCUT2D eigenvalue weighted by Gasteiger charge is 2.31. The number of anilines is 1. The van der Waals surface area contributed by atoms with Crippen molar-refractivity contribution in [2.45, 2.75) is 32.2 Å². The molecule has 3 rings (SSSR count). The van der Waals surface area contributed by atoms with Gasteiger partial charge in [0.15, 0.2) is 0 Å². The minimum Gasteiger partial charge on any atom is -0.494 e. The van der Waals surface area contributed by atoms with Gasteiger partial charge in [0.25, 0.3) is 5.91 Å². The number of carbonyl (C=O) groups is 2. The Hall–Kier alpha value is -2.53. The first kappa shape index (κ1) is 19.2. The van der Waals surface area contributed by atoms with Crippen LogP contribution in [0, 0.1) is 0 Å². The maximum Gasteiger partial charge on any atom is 0.251 e. The van der Waals surface area contributed by atoms with Gasteiger partial charge in [-0.25, -0.2) is 0 Å². The number of nitrogens with zero attached hydrogens (tertiary/aromatic N) is 1. The molecule has 142 valence electrons. The average molecular weight is 387 g/mol. The molecular weight excluding hydrogens is 364 g/mol. The van der Waals surface area contributed by atoms with Crippen molar-refractivity contribution < 1.29 is 14.3 Å². The van der Waals surface area contributed by atoms with Crippen molar-refractivity contribution in [3.8, 4) is 5.75 Å². The summed E-state index contributed by atoms with van der Waals surface area (Å²) < 4.78 is 5.61. The molecule has 1 aliphatic rings. The summed E-state index contributed by atoms with van der Waals surface area (Å²) >= 11 is 5.90. The molecule has 1 saturated heterocycles. The Morgan fingerprint density at radius 2 is 1.89 bits per heavy atom. The minimum absolute atomic E-state index is 0.0118. The van der Waals surface area contributed by atoms with E-state index in [1.165, 1.54) is 0 Å². The number of benzene rings is 2. The van der Waals surface area contributed by atoms with Crippen LogP contribution in [-0.4, -0.2) is 31.0 Å². The maximum absolute atomic E-state index is 12.5. The van der Waals surface area contributed by atoms with Crippen molar-refractivity contribution in [1.82, 2.24) is 5.32 Å². The minimum atomic E-state index is -0.221. The Bertz CT molecular complexity index is 790. The summed E-state index contributed by atoms with van der Waals surface area (Å²) in [5, 5.41) is 3.56. The van der Waals surface area contributed by atoms with Crippen molar-refractivity contribution >= 4 is 29.1 Å². The molecule has 0 aromatic heterocycles. The summed E-state index contributed by atoms with van der Waals surface area (Å²) in [5.41, 5.74) is 1.34. The lowest BCUT2D eigenvalue weighted by Crippen LogP contribution is -2.37. The Morgan fingerprint density at radius 3 is 2.56 bits per heavy atom. The Morgan fingerprint density at radius 1 is 1.19 bits per heavy atom. The van der Waals surface area contributed by atoms with E-state index in [1.807, 2.05) is 12.1 Å². The van der Waals surface area contributed by atoms with Crippen LogP contribution in [0.2, 0.25) is 5.02 Å². The molecule has 0 unspecified atom stereocenters. The van der Waals surface area contributed by atoms with Gasteiger partial charge >= 0.3 is 0 Å². The Kier molecular flexibility index (Phi) is 6.35. The molecule has 1 fully saturated rings. The molecule has 0 spiro atoms. The second-order valence-corrected chi connectivity index (χ2v) is 7.02. The predicted molar refractivity (Wildman–Crippen MR) is 107 cm³/mol. The highest BCUT2D eigenvalue weighted by molar-refractivity contribution is 6.30. The lowest BCUT2D eigenvalue weighted by Gasteiger charge is -2.17. The predicted octanol–water partition coefficient (Wildman–Crippen LogP) is 4.05. The van der Waals surface area contributed by atoms with Gasteiger partial charge in [-0.05, 0) is 55.0 Å². The van der Waals surface area contributed by atoms with Crippen LogP contribution in [0.5, 0.6) is 5.75 Å². The van der Waals surface area contributed by atoms with Gasteiger partial charge in [0.2, 0.25) is 5.91 Å². The standard InChI is InChI=1S/C21H23ClN2O3/c1-2-3-12-27-19-10-4-15(5-11-19)21(26)23-17-13-20(25)24(14-17)18-8-6-16(22)7-9-18/h4-11,17H,2-3,12-14H2,1H3,(H,23,26)/t17-/m0/s1. The zero-order valence-corrected chi connectivity index (χ0v) is 16.0. The third-order valence-corrected chi connectivity index (χ3v) is 4.73. The van der Waals surface area contributed by atoms with Gasteiger partial charge in [-0.2, -0.15) is 0 Å². The summed E-state index contributed by atoms with van der Waals surface area (Å²) in [6, 6.07) is 14.0. The normalized spacial score (nSPS) is 16.4. The number of carbonyl (C=O) groups excluding carboxylic acids is 2. The number of unbranched alkanes of at least 4 members (excludes halogenated alkanes) is 1. The average Bonchev–Trinajstić information content (AvgIpc) is 3.03. The summed E-state index contributed by atoms with van der Waals surface area (Å²) in [5.74, 6) is 0.554. The summed E-state index contributed by atoms with van der Waals surface area (Å²) in [4.78, 5) is 26.4. The zero-order chi connectivity index (χ0) is 19.2. The van der Waals surface area contributed by atoms with E-state index in [1.54, 1.807) is 41.3 Å². The number of ether oxygens (including phenoxy) is 1. The number of hydrogen-bond donors (Lipinski definition) is 1. The summed E-state index contributed by atoms with van der Waals surface area (Å²) in [7, 11) is 0. The van der Waals surface area contributed by atoms with Crippen LogP contribution in [0.3, 0.4) is 0 Å². The van der Waals surface area contributed by atoms with Crippen LogP contribution in [0.25, 0.3) is 0 Å². The Balaban J connectivity index is 1.56.